The minimum atomic E-state index is -0.184. The molecule has 0 radical (unpaired) electrons. The molecule has 0 bridgehead atoms. The molecule has 1 N–H and O–H groups in total. The van der Waals surface area contributed by atoms with Crippen molar-refractivity contribution in [3.8, 4) is 0 Å². The van der Waals surface area contributed by atoms with Crippen molar-refractivity contribution in [2.45, 2.75) is 26.2 Å². The molecule has 2 amide bonds. The van der Waals surface area contributed by atoms with Crippen LogP contribution in [0.5, 0.6) is 0 Å². The summed E-state index contributed by atoms with van der Waals surface area (Å²) < 4.78 is 0.512. The maximum Gasteiger partial charge on any atom is 0.266 e. The summed E-state index contributed by atoms with van der Waals surface area (Å²) in [5.41, 5.74) is 2.72. The molecular weight excluding hydrogens is 459 g/mol. The SMILES string of the molecule is CCc1ccc(C=C2SC(=S)N(CCCC(=O)Nc3ccc(Cl)cc3Cl)C2=O)cc1. The number of hydrogen-bond donors (Lipinski definition) is 1. The highest BCUT2D eigenvalue weighted by Crippen LogP contribution is 2.33. The number of carbonyl (C=O) groups is 2. The molecule has 8 heteroatoms. The molecule has 0 unspecified atom stereocenters. The lowest BCUT2D eigenvalue weighted by Crippen LogP contribution is -2.29. The summed E-state index contributed by atoms with van der Waals surface area (Å²) in [4.78, 5) is 27.0. The van der Waals surface area contributed by atoms with Crippen molar-refractivity contribution in [3.05, 3.63) is 68.5 Å². The van der Waals surface area contributed by atoms with Gasteiger partial charge in [0.2, 0.25) is 5.91 Å². The van der Waals surface area contributed by atoms with E-state index in [4.69, 9.17) is 35.4 Å². The Morgan fingerprint density at radius 1 is 1.20 bits per heavy atom. The first-order valence-electron chi connectivity index (χ1n) is 9.46. The second-order valence-electron chi connectivity index (χ2n) is 6.70. The fourth-order valence-corrected chi connectivity index (χ4v) is 4.66. The number of thiocarbonyl (C=S) groups is 1. The van der Waals surface area contributed by atoms with Crippen molar-refractivity contribution >= 4 is 75.1 Å². The fourth-order valence-electron chi connectivity index (χ4n) is 2.89. The molecule has 1 aliphatic heterocycles. The van der Waals surface area contributed by atoms with Crippen molar-refractivity contribution in [1.82, 2.24) is 4.90 Å². The minimum absolute atomic E-state index is 0.120. The highest BCUT2D eigenvalue weighted by Gasteiger charge is 2.31. The molecule has 2 aromatic carbocycles. The Balaban J connectivity index is 1.54. The highest BCUT2D eigenvalue weighted by molar-refractivity contribution is 8.26. The smallest absolute Gasteiger partial charge is 0.266 e. The summed E-state index contributed by atoms with van der Waals surface area (Å²) in [5.74, 6) is -0.304. The number of benzene rings is 2. The standard InChI is InChI=1S/C22H20Cl2N2O2S2/c1-2-14-5-7-15(8-6-14)12-19-21(28)26(22(29)30-19)11-3-4-20(27)25-18-10-9-16(23)13-17(18)24/h5-10,12-13H,2-4,11H2,1H3,(H,25,27). The quantitative estimate of drug-likeness (QED) is 0.381. The van der Waals surface area contributed by atoms with Gasteiger partial charge in [0.1, 0.15) is 4.32 Å². The third-order valence-electron chi connectivity index (χ3n) is 4.55. The minimum Gasteiger partial charge on any atom is -0.325 e. The molecule has 30 heavy (non-hydrogen) atoms. The zero-order valence-corrected chi connectivity index (χ0v) is 19.4. The lowest BCUT2D eigenvalue weighted by atomic mass is 10.1. The summed E-state index contributed by atoms with van der Waals surface area (Å²) in [5, 5.41) is 3.63. The van der Waals surface area contributed by atoms with Crippen molar-refractivity contribution in [1.29, 1.82) is 0 Å². The summed E-state index contributed by atoms with van der Waals surface area (Å²) in [6.45, 7) is 2.49. The summed E-state index contributed by atoms with van der Waals surface area (Å²) in [6, 6.07) is 13.0. The number of aryl methyl sites for hydroxylation is 1. The summed E-state index contributed by atoms with van der Waals surface area (Å²) in [6.07, 6.45) is 3.56. The monoisotopic (exact) mass is 478 g/mol. The van der Waals surface area contributed by atoms with Gasteiger partial charge in [-0.05, 0) is 48.2 Å². The van der Waals surface area contributed by atoms with Crippen LogP contribution < -0.4 is 5.32 Å². The predicted molar refractivity (Wildman–Crippen MR) is 130 cm³/mol. The zero-order valence-electron chi connectivity index (χ0n) is 16.3. The number of hydrogen-bond acceptors (Lipinski definition) is 4. The van der Waals surface area contributed by atoms with Crippen LogP contribution in [-0.4, -0.2) is 27.6 Å². The number of rotatable bonds is 7. The number of amides is 2. The van der Waals surface area contributed by atoms with Crippen LogP contribution in [0.1, 0.15) is 30.9 Å². The molecule has 156 valence electrons. The van der Waals surface area contributed by atoms with E-state index in [9.17, 15) is 9.59 Å². The van der Waals surface area contributed by atoms with E-state index >= 15 is 0 Å². The van der Waals surface area contributed by atoms with Crippen LogP contribution in [0.15, 0.2) is 47.4 Å². The highest BCUT2D eigenvalue weighted by atomic mass is 35.5. The lowest BCUT2D eigenvalue weighted by Gasteiger charge is -2.14. The Labute approximate surface area is 195 Å². The Hall–Kier alpha value is -1.86. The van der Waals surface area contributed by atoms with Crippen LogP contribution in [0, 0.1) is 0 Å². The molecule has 1 aliphatic rings. The number of nitrogens with one attached hydrogen (secondary N) is 1. The molecule has 0 aliphatic carbocycles. The third-order valence-corrected chi connectivity index (χ3v) is 6.48. The van der Waals surface area contributed by atoms with Gasteiger partial charge >= 0.3 is 0 Å². The predicted octanol–water partition coefficient (Wildman–Crippen LogP) is 6.18. The maximum absolute atomic E-state index is 12.7. The van der Waals surface area contributed by atoms with Gasteiger partial charge in [0.25, 0.3) is 5.91 Å². The van der Waals surface area contributed by atoms with Crippen molar-refractivity contribution in [2.24, 2.45) is 0 Å². The Morgan fingerprint density at radius 3 is 2.60 bits per heavy atom. The average molecular weight is 479 g/mol. The Bertz CT molecular complexity index is 1010. The van der Waals surface area contributed by atoms with E-state index in [0.29, 0.717) is 37.9 Å². The number of nitrogens with zero attached hydrogens (tertiary/aromatic N) is 1. The van der Waals surface area contributed by atoms with Crippen LogP contribution in [0.25, 0.3) is 6.08 Å². The average Bonchev–Trinajstić information content (AvgIpc) is 2.98. The second-order valence-corrected chi connectivity index (χ2v) is 9.22. The van der Waals surface area contributed by atoms with E-state index in [2.05, 4.69) is 24.4 Å². The molecule has 0 atom stereocenters. The van der Waals surface area contributed by atoms with Gasteiger partial charge in [-0.15, -0.1) is 0 Å². The van der Waals surface area contributed by atoms with Gasteiger partial charge in [-0.3, -0.25) is 14.5 Å². The van der Waals surface area contributed by atoms with E-state index in [1.165, 1.54) is 17.3 Å². The molecule has 0 spiro atoms. The first-order valence-corrected chi connectivity index (χ1v) is 11.4. The molecule has 2 aromatic rings. The summed E-state index contributed by atoms with van der Waals surface area (Å²) >= 11 is 18.6. The van der Waals surface area contributed by atoms with Crippen molar-refractivity contribution < 1.29 is 9.59 Å². The normalized spacial score (nSPS) is 15.2. The Kier molecular flexibility index (Phi) is 7.94. The number of carbonyl (C=O) groups excluding carboxylic acids is 2. The molecule has 1 saturated heterocycles. The third kappa shape index (κ3) is 5.85. The molecule has 0 saturated carbocycles. The molecular formula is C22H20Cl2N2O2S2. The van der Waals surface area contributed by atoms with Gasteiger partial charge in [-0.1, -0.05) is 78.4 Å². The van der Waals surface area contributed by atoms with Gasteiger partial charge in [-0.25, -0.2) is 0 Å². The largest absolute Gasteiger partial charge is 0.325 e. The van der Waals surface area contributed by atoms with Gasteiger partial charge in [0.15, 0.2) is 0 Å². The fraction of sp³-hybridized carbons (Fsp3) is 0.227. The maximum atomic E-state index is 12.7. The second kappa shape index (κ2) is 10.4. The van der Waals surface area contributed by atoms with Crippen LogP contribution in [-0.2, 0) is 16.0 Å². The van der Waals surface area contributed by atoms with Crippen LogP contribution in [0.2, 0.25) is 10.0 Å². The number of halogens is 2. The first-order chi connectivity index (χ1) is 14.4. The van der Waals surface area contributed by atoms with E-state index in [1.807, 2.05) is 18.2 Å². The molecule has 0 aromatic heterocycles. The topological polar surface area (TPSA) is 49.4 Å². The van der Waals surface area contributed by atoms with E-state index in [-0.39, 0.29) is 18.2 Å². The number of thioether (sulfide) groups is 1. The van der Waals surface area contributed by atoms with Crippen LogP contribution in [0.3, 0.4) is 0 Å². The van der Waals surface area contributed by atoms with Gasteiger partial charge in [0, 0.05) is 18.0 Å². The van der Waals surface area contributed by atoms with Crippen LogP contribution in [0.4, 0.5) is 5.69 Å². The molecule has 4 nitrogen and oxygen atoms in total. The van der Waals surface area contributed by atoms with Gasteiger partial charge < -0.3 is 5.32 Å². The van der Waals surface area contributed by atoms with E-state index in [1.54, 1.807) is 23.1 Å². The first kappa shape index (κ1) is 22.8. The van der Waals surface area contributed by atoms with E-state index < -0.39 is 0 Å². The van der Waals surface area contributed by atoms with Crippen LogP contribution >= 0.6 is 47.2 Å². The molecule has 1 heterocycles. The molecule has 1 fully saturated rings. The zero-order chi connectivity index (χ0) is 21.7. The van der Waals surface area contributed by atoms with Gasteiger partial charge in [-0.2, -0.15) is 0 Å². The summed E-state index contributed by atoms with van der Waals surface area (Å²) in [7, 11) is 0. The van der Waals surface area contributed by atoms with Crippen molar-refractivity contribution in [2.75, 3.05) is 11.9 Å². The Morgan fingerprint density at radius 2 is 1.93 bits per heavy atom. The molecule has 3 rings (SSSR count). The van der Waals surface area contributed by atoms with Crippen molar-refractivity contribution in [3.63, 3.8) is 0 Å². The van der Waals surface area contributed by atoms with E-state index in [0.717, 1.165) is 12.0 Å². The number of anilines is 1. The lowest BCUT2D eigenvalue weighted by molar-refractivity contribution is -0.122. The van der Waals surface area contributed by atoms with Gasteiger partial charge in [0.05, 0.1) is 15.6 Å².